The maximum absolute atomic E-state index is 13.0. The fraction of sp³-hybridized carbons (Fsp3) is 0.409. The number of hydrogen-bond donors (Lipinski definition) is 6. The van der Waals surface area contributed by atoms with Crippen molar-refractivity contribution >= 4 is 113 Å². The standard InChI is InChI=1S/2C22H25ClN6O3S2/c2*1-28-6-5-15-19(10-28)33-22(27-15)21(31)25-17-9-29(2)34(32)11-18(17)26-20(30)16-8-12-7-13(23)3-4-14(12)24-16/h2*3-4,7-8,17-18,24H,5-6,9-11H2,1-2H3,(H,25,31)(H,26,30)/t17-,18+,34?;17-,18-,34?/m01/s1. The van der Waals surface area contributed by atoms with Crippen molar-refractivity contribution in [2.24, 2.45) is 0 Å². The number of nitrogens with one attached hydrogen (secondary N) is 6. The van der Waals surface area contributed by atoms with Crippen LogP contribution in [0.25, 0.3) is 21.8 Å². The Labute approximate surface area is 415 Å². The van der Waals surface area contributed by atoms with Crippen LogP contribution in [0.3, 0.4) is 0 Å². The summed E-state index contributed by atoms with van der Waals surface area (Å²) in [4.78, 5) is 74.0. The van der Waals surface area contributed by atoms with E-state index in [-0.39, 0.29) is 35.1 Å². The molecule has 6 aromatic rings. The van der Waals surface area contributed by atoms with Gasteiger partial charge in [-0.15, -0.1) is 22.7 Å². The zero-order valence-electron chi connectivity index (χ0n) is 37.5. The van der Waals surface area contributed by atoms with Crippen LogP contribution in [0.2, 0.25) is 10.0 Å². The van der Waals surface area contributed by atoms with Crippen molar-refractivity contribution in [3.63, 3.8) is 0 Å². The lowest BCUT2D eigenvalue weighted by Crippen LogP contribution is -2.62. The molecular formula is C44H50Cl2N12O6S4. The molecule has 68 heavy (non-hydrogen) atoms. The molecule has 2 aromatic carbocycles. The van der Waals surface area contributed by atoms with Crippen molar-refractivity contribution in [2.45, 2.75) is 50.1 Å². The summed E-state index contributed by atoms with van der Waals surface area (Å²) in [7, 11) is 5.06. The first-order valence-corrected chi connectivity index (χ1v) is 26.8. The third-order valence-corrected chi connectivity index (χ3v) is 18.0. The number of amides is 4. The van der Waals surface area contributed by atoms with E-state index in [0.717, 1.165) is 82.0 Å². The number of carbonyl (C=O) groups excluding carboxylic acids is 4. The van der Waals surface area contributed by atoms with Gasteiger partial charge in [0.05, 0.1) is 69.0 Å². The molecule has 4 aromatic heterocycles. The molecule has 4 aliphatic rings. The van der Waals surface area contributed by atoms with Gasteiger partial charge in [-0.05, 0) is 76.7 Å². The van der Waals surface area contributed by atoms with Crippen LogP contribution in [0.15, 0.2) is 48.5 Å². The highest BCUT2D eigenvalue weighted by Crippen LogP contribution is 2.27. The number of halogens is 2. The van der Waals surface area contributed by atoms with E-state index in [1.54, 1.807) is 59.1 Å². The molecule has 2 saturated heterocycles. The second-order valence-electron chi connectivity index (χ2n) is 17.5. The van der Waals surface area contributed by atoms with Gasteiger partial charge >= 0.3 is 0 Å². The predicted octanol–water partition coefficient (Wildman–Crippen LogP) is 3.54. The molecule has 6 atom stereocenters. The van der Waals surface area contributed by atoms with Gasteiger partial charge in [-0.1, -0.05) is 23.2 Å². The molecule has 2 unspecified atom stereocenters. The minimum absolute atomic E-state index is 0.207. The number of aromatic nitrogens is 4. The topological polar surface area (TPSA) is 221 Å². The Morgan fingerprint density at radius 2 is 1.00 bits per heavy atom. The van der Waals surface area contributed by atoms with E-state index in [1.165, 1.54) is 22.7 Å². The number of H-pyrrole nitrogens is 2. The van der Waals surface area contributed by atoms with Crippen molar-refractivity contribution < 1.29 is 27.6 Å². The Morgan fingerprint density at radius 1 is 0.603 bits per heavy atom. The molecule has 4 aliphatic heterocycles. The molecule has 6 N–H and O–H groups in total. The van der Waals surface area contributed by atoms with Crippen molar-refractivity contribution in [2.75, 3.05) is 65.9 Å². The van der Waals surface area contributed by atoms with E-state index in [0.29, 0.717) is 44.5 Å². The van der Waals surface area contributed by atoms with Crippen LogP contribution in [-0.2, 0) is 47.9 Å². The van der Waals surface area contributed by atoms with Gasteiger partial charge in [0, 0.05) is 93.7 Å². The molecule has 4 amide bonds. The maximum atomic E-state index is 13.0. The lowest BCUT2D eigenvalue weighted by molar-refractivity contribution is 0.0876. The highest BCUT2D eigenvalue weighted by molar-refractivity contribution is 7.82. The predicted molar refractivity (Wildman–Crippen MR) is 267 cm³/mol. The Balaban J connectivity index is 0.000000170. The largest absolute Gasteiger partial charge is 0.351 e. The van der Waals surface area contributed by atoms with E-state index in [4.69, 9.17) is 23.2 Å². The highest BCUT2D eigenvalue weighted by atomic mass is 35.5. The highest BCUT2D eigenvalue weighted by Gasteiger charge is 2.37. The van der Waals surface area contributed by atoms with Crippen LogP contribution in [0, 0.1) is 0 Å². The zero-order chi connectivity index (χ0) is 48.0. The van der Waals surface area contributed by atoms with Gasteiger partial charge < -0.3 is 41.0 Å². The third-order valence-electron chi connectivity index (χ3n) is 12.4. The summed E-state index contributed by atoms with van der Waals surface area (Å²) in [6.07, 6.45) is 1.66. The van der Waals surface area contributed by atoms with Gasteiger partial charge in [0.1, 0.15) is 11.4 Å². The number of benzene rings is 2. The molecule has 18 nitrogen and oxygen atoms in total. The second-order valence-corrected chi connectivity index (χ2v) is 23.7. The average Bonchev–Trinajstić information content (AvgIpc) is 4.11. The van der Waals surface area contributed by atoms with E-state index in [1.807, 2.05) is 12.1 Å². The molecule has 0 radical (unpaired) electrons. The molecule has 0 aliphatic carbocycles. The summed E-state index contributed by atoms with van der Waals surface area (Å²) in [6.45, 7) is 4.12. The molecular weight excluding hydrogens is 992 g/mol. The number of fused-ring (bicyclic) bond motifs is 4. The summed E-state index contributed by atoms with van der Waals surface area (Å²) in [5.41, 5.74) is 4.32. The molecule has 0 bridgehead atoms. The summed E-state index contributed by atoms with van der Waals surface area (Å²) >= 11 is 14.9. The van der Waals surface area contributed by atoms with Crippen LogP contribution in [0.4, 0.5) is 0 Å². The molecule has 8 heterocycles. The molecule has 360 valence electrons. The normalized spacial score (nSPS) is 23.6. The first-order chi connectivity index (χ1) is 32.5. The Hall–Kier alpha value is -4.62. The fourth-order valence-corrected chi connectivity index (χ4v) is 13.5. The van der Waals surface area contributed by atoms with Gasteiger partial charge in [-0.3, -0.25) is 19.2 Å². The Morgan fingerprint density at radius 3 is 1.41 bits per heavy atom. The van der Waals surface area contributed by atoms with Gasteiger partial charge in [-0.2, -0.15) is 0 Å². The summed E-state index contributed by atoms with van der Waals surface area (Å²) in [5.74, 6) is -0.784. The molecule has 10 rings (SSSR count). The summed E-state index contributed by atoms with van der Waals surface area (Å²) in [5, 5.41) is 15.6. The Bertz CT molecular complexity index is 2780. The number of nitrogens with zero attached hydrogens (tertiary/aromatic N) is 6. The van der Waals surface area contributed by atoms with E-state index in [2.05, 4.69) is 65.1 Å². The van der Waals surface area contributed by atoms with E-state index < -0.39 is 46.1 Å². The third kappa shape index (κ3) is 10.9. The van der Waals surface area contributed by atoms with Crippen LogP contribution in [-0.4, -0.2) is 160 Å². The number of hydrogen-bond acceptors (Lipinski definition) is 12. The lowest BCUT2D eigenvalue weighted by atomic mass is 10.1. The van der Waals surface area contributed by atoms with Crippen LogP contribution < -0.4 is 21.3 Å². The van der Waals surface area contributed by atoms with Crippen LogP contribution >= 0.6 is 45.9 Å². The van der Waals surface area contributed by atoms with Gasteiger partial charge in [0.15, 0.2) is 10.0 Å². The summed E-state index contributed by atoms with van der Waals surface area (Å²) in [6, 6.07) is 12.3. The van der Waals surface area contributed by atoms with Crippen molar-refractivity contribution in [3.8, 4) is 0 Å². The summed E-state index contributed by atoms with van der Waals surface area (Å²) < 4.78 is 28.4. The smallest absolute Gasteiger partial charge is 0.280 e. The zero-order valence-corrected chi connectivity index (χ0v) is 42.3. The van der Waals surface area contributed by atoms with Crippen molar-refractivity contribution in [1.29, 1.82) is 0 Å². The Kier molecular flexibility index (Phi) is 14.5. The van der Waals surface area contributed by atoms with Crippen molar-refractivity contribution in [3.05, 3.63) is 101 Å². The van der Waals surface area contributed by atoms with Crippen LogP contribution in [0.5, 0.6) is 0 Å². The average molecular weight is 1040 g/mol. The molecule has 0 saturated carbocycles. The van der Waals surface area contributed by atoms with E-state index >= 15 is 0 Å². The number of aromatic amines is 2. The first kappa shape index (κ1) is 48.4. The van der Waals surface area contributed by atoms with Gasteiger partial charge in [0.2, 0.25) is 0 Å². The lowest BCUT2D eigenvalue weighted by Gasteiger charge is -2.36. The SMILES string of the molecule is CN1CCc2nc(C(=O)N[C@@H]3CN(C)S(=O)C[C@H]3NC(=O)c3cc4cc(Cl)ccc4[nH]3)sc2C1.CN1CCc2nc(C(=O)N[C@H]3CN(C)S(=O)C[C@H]3NC(=O)c3cc4cc(Cl)ccc4[nH]3)sc2C1. The van der Waals surface area contributed by atoms with Crippen molar-refractivity contribution in [1.82, 2.24) is 59.6 Å². The van der Waals surface area contributed by atoms with Gasteiger partial charge in [-0.25, -0.2) is 27.0 Å². The number of likely N-dealkylation sites (N-methyl/N-ethyl adjacent to an activating group) is 4. The molecule has 0 spiro atoms. The first-order valence-electron chi connectivity index (χ1n) is 21.9. The number of carbonyl (C=O) groups is 4. The fourth-order valence-electron chi connectivity index (χ4n) is 8.59. The number of rotatable bonds is 8. The monoisotopic (exact) mass is 1040 g/mol. The van der Waals surface area contributed by atoms with Gasteiger partial charge in [0.25, 0.3) is 23.6 Å². The maximum Gasteiger partial charge on any atom is 0.280 e. The minimum Gasteiger partial charge on any atom is -0.351 e. The van der Waals surface area contributed by atoms with E-state index in [9.17, 15) is 27.6 Å². The minimum atomic E-state index is -1.26. The quantitative estimate of drug-likeness (QED) is 0.130. The van der Waals surface area contributed by atoms with Crippen LogP contribution in [0.1, 0.15) is 61.7 Å². The molecule has 2 fully saturated rings. The molecule has 24 heteroatoms. The second kappa shape index (κ2) is 20.4. The number of thiazole rings is 2.